The molecule has 1 fully saturated rings. The highest BCUT2D eigenvalue weighted by Crippen LogP contribution is 2.32. The van der Waals surface area contributed by atoms with Crippen molar-refractivity contribution in [3.05, 3.63) is 11.6 Å². The Morgan fingerprint density at radius 2 is 1.75 bits per heavy atom. The zero-order valence-electron chi connectivity index (χ0n) is 31.0. The molecular formula is C34H61N9O8S. The van der Waals surface area contributed by atoms with Gasteiger partial charge in [-0.1, -0.05) is 59.3 Å². The van der Waals surface area contributed by atoms with Gasteiger partial charge in [-0.05, 0) is 50.9 Å². The molecule has 1 aliphatic carbocycles. The molecule has 0 unspecified atom stereocenters. The number of carbonyl (C=O) groups excluding carboxylic acids is 5. The third kappa shape index (κ3) is 16.6. The lowest BCUT2D eigenvalue weighted by atomic mass is 9.79. The molecule has 17 nitrogen and oxygen atoms in total. The van der Waals surface area contributed by atoms with Gasteiger partial charge in [-0.25, -0.2) is 14.8 Å². The van der Waals surface area contributed by atoms with Crippen molar-refractivity contribution in [1.82, 2.24) is 25.6 Å². The van der Waals surface area contributed by atoms with E-state index in [1.165, 1.54) is 22.7 Å². The van der Waals surface area contributed by atoms with Crippen LogP contribution in [-0.2, 0) is 24.0 Å². The Kier molecular flexibility index (Phi) is 22.3. The van der Waals surface area contributed by atoms with Crippen molar-refractivity contribution in [2.45, 2.75) is 122 Å². The largest absolute Gasteiger partial charge is 0.465 e. The van der Waals surface area contributed by atoms with E-state index in [4.69, 9.17) is 22.3 Å². The van der Waals surface area contributed by atoms with Gasteiger partial charge in [0.25, 0.3) is 0 Å². The monoisotopic (exact) mass is 755 g/mol. The van der Waals surface area contributed by atoms with Crippen LogP contribution in [0.15, 0.2) is 11.6 Å². The maximum atomic E-state index is 13.6. The number of carboxylic acid groups (broad SMARTS) is 1. The summed E-state index contributed by atoms with van der Waals surface area (Å²) in [5.41, 5.74) is 16.3. The van der Waals surface area contributed by atoms with Gasteiger partial charge in [0.05, 0.1) is 18.0 Å². The minimum Gasteiger partial charge on any atom is -0.465 e. The van der Waals surface area contributed by atoms with Gasteiger partial charge in [-0.3, -0.25) is 29.2 Å². The number of anilines is 1. The highest BCUT2D eigenvalue weighted by Gasteiger charge is 2.36. The number of hydroxylamine groups is 2. The number of primary amides is 1. The Bertz CT molecular complexity index is 1230. The van der Waals surface area contributed by atoms with Gasteiger partial charge in [0, 0.05) is 31.2 Å². The standard InChI is InChI=1S/C24H39N5O6S.C10H22N4O2/c1-2-8-20(29(35)16-30)18(15-17-9-4-3-5-10-17)21(31)27-19(11-6-7-12-26-24(33)34)22(32)28-23-25-13-14-36-23;1-6(2)8(12)10(16)14(5-4-11)7(3)9(13)15/h13-14,16-20,26,35H,2-12,15H2,1H3,(H,27,31)(H,33,34)(H,25,28,32);6-8H,4-5,11-12H2,1-3H3,(H2,13,15)/t18-,19+,20+;7-,8-/m10/s1. The molecule has 296 valence electrons. The number of aromatic nitrogens is 1. The minimum absolute atomic E-state index is 0.00727. The van der Waals surface area contributed by atoms with E-state index in [0.717, 1.165) is 25.7 Å². The number of nitrogens with two attached hydrogens (primary N) is 3. The van der Waals surface area contributed by atoms with Crippen molar-refractivity contribution in [3.63, 3.8) is 0 Å². The molecule has 1 saturated carbocycles. The van der Waals surface area contributed by atoms with E-state index in [1.807, 2.05) is 20.8 Å². The van der Waals surface area contributed by atoms with Gasteiger partial charge in [-0.2, -0.15) is 0 Å². The summed E-state index contributed by atoms with van der Waals surface area (Å²) in [5.74, 6) is -1.96. The third-order valence-electron chi connectivity index (χ3n) is 9.17. The lowest BCUT2D eigenvalue weighted by Gasteiger charge is -2.34. The zero-order valence-corrected chi connectivity index (χ0v) is 31.8. The summed E-state index contributed by atoms with van der Waals surface area (Å²) in [5, 5.41) is 29.7. The SMILES string of the molecule is CC(C)[C@H](N)C(=O)N(CCN)[C@@H](C)C(N)=O.CCC[C@@H]([C@@H](CC1CCCCC1)C(=O)N[C@@H](CCCCNC(=O)O)C(=O)Nc1nccs1)N(O)C=O. The number of thiazole rings is 1. The average Bonchev–Trinajstić information content (AvgIpc) is 3.63. The first-order valence-corrected chi connectivity index (χ1v) is 19.0. The van der Waals surface area contributed by atoms with E-state index in [-0.39, 0.29) is 37.4 Å². The molecule has 52 heavy (non-hydrogen) atoms. The number of unbranched alkanes of at least 4 members (excludes halogenated alkanes) is 1. The Hall–Kier alpha value is -3.87. The van der Waals surface area contributed by atoms with Gasteiger partial charge in [0.1, 0.15) is 12.1 Å². The molecule has 0 aliphatic heterocycles. The third-order valence-corrected chi connectivity index (χ3v) is 9.86. The van der Waals surface area contributed by atoms with Crippen molar-refractivity contribution in [2.24, 2.45) is 35.0 Å². The van der Waals surface area contributed by atoms with Crippen molar-refractivity contribution in [2.75, 3.05) is 25.0 Å². The topological polar surface area (TPSA) is 276 Å². The van der Waals surface area contributed by atoms with Crippen LogP contribution in [0, 0.1) is 17.8 Å². The van der Waals surface area contributed by atoms with Gasteiger partial charge >= 0.3 is 6.09 Å². The number of carbonyl (C=O) groups is 6. The predicted octanol–water partition coefficient (Wildman–Crippen LogP) is 2.24. The predicted molar refractivity (Wildman–Crippen MR) is 198 cm³/mol. The summed E-state index contributed by atoms with van der Waals surface area (Å²) in [6.45, 7) is 7.99. The van der Waals surface area contributed by atoms with Crippen molar-refractivity contribution >= 4 is 52.6 Å². The van der Waals surface area contributed by atoms with Crippen LogP contribution >= 0.6 is 11.3 Å². The summed E-state index contributed by atoms with van der Waals surface area (Å²) in [7, 11) is 0. The number of rotatable bonds is 22. The van der Waals surface area contributed by atoms with Crippen molar-refractivity contribution in [1.29, 1.82) is 0 Å². The highest BCUT2D eigenvalue weighted by atomic mass is 32.1. The van der Waals surface area contributed by atoms with E-state index in [0.29, 0.717) is 61.0 Å². The molecule has 1 aromatic heterocycles. The number of nitrogens with one attached hydrogen (secondary N) is 3. The van der Waals surface area contributed by atoms with Gasteiger partial charge in [-0.15, -0.1) is 11.3 Å². The maximum Gasteiger partial charge on any atom is 0.404 e. The molecule has 1 aliphatic rings. The van der Waals surface area contributed by atoms with Gasteiger partial charge in [0.15, 0.2) is 5.13 Å². The molecule has 18 heteroatoms. The molecule has 0 radical (unpaired) electrons. The fraction of sp³-hybridized carbons (Fsp3) is 0.735. The highest BCUT2D eigenvalue weighted by molar-refractivity contribution is 7.13. The Morgan fingerprint density at radius 1 is 1.08 bits per heavy atom. The van der Waals surface area contributed by atoms with Gasteiger partial charge < -0.3 is 43.2 Å². The summed E-state index contributed by atoms with van der Waals surface area (Å²) in [6, 6.07) is -2.86. The minimum atomic E-state index is -1.11. The van der Waals surface area contributed by atoms with E-state index < -0.39 is 48.0 Å². The molecule has 5 atom stereocenters. The molecule has 0 saturated heterocycles. The van der Waals surface area contributed by atoms with Crippen LogP contribution in [0.4, 0.5) is 9.93 Å². The maximum absolute atomic E-state index is 13.6. The fourth-order valence-corrected chi connectivity index (χ4v) is 6.60. The van der Waals surface area contributed by atoms with Crippen LogP contribution in [-0.4, -0.2) is 105 Å². The smallest absolute Gasteiger partial charge is 0.404 e. The molecule has 2 rings (SSSR count). The van der Waals surface area contributed by atoms with Crippen LogP contribution < -0.4 is 33.2 Å². The molecule has 1 heterocycles. The lowest BCUT2D eigenvalue weighted by Crippen LogP contribution is -2.54. The average molecular weight is 756 g/mol. The van der Waals surface area contributed by atoms with Crippen molar-refractivity contribution < 1.29 is 39.1 Å². The number of amides is 6. The van der Waals surface area contributed by atoms with Crippen LogP contribution in [0.2, 0.25) is 0 Å². The summed E-state index contributed by atoms with van der Waals surface area (Å²) in [4.78, 5) is 77.2. The van der Waals surface area contributed by atoms with Crippen LogP contribution in [0.5, 0.6) is 0 Å². The second kappa shape index (κ2) is 25.2. The normalized spacial score (nSPS) is 15.8. The van der Waals surface area contributed by atoms with Gasteiger partial charge in [0.2, 0.25) is 30.0 Å². The van der Waals surface area contributed by atoms with E-state index >= 15 is 0 Å². The number of hydrogen-bond donors (Lipinski definition) is 8. The summed E-state index contributed by atoms with van der Waals surface area (Å²) in [6.07, 6.45) is 9.12. The van der Waals surface area contributed by atoms with Crippen LogP contribution in [0.1, 0.15) is 98.3 Å². The second-order valence-corrected chi connectivity index (χ2v) is 14.4. The first kappa shape index (κ1) is 46.2. The van der Waals surface area contributed by atoms with Crippen LogP contribution in [0.3, 0.4) is 0 Å². The Labute approximate surface area is 310 Å². The first-order valence-electron chi connectivity index (χ1n) is 18.1. The molecule has 0 bridgehead atoms. The lowest BCUT2D eigenvalue weighted by molar-refractivity contribution is -0.170. The Morgan fingerprint density at radius 3 is 2.27 bits per heavy atom. The molecule has 6 amide bonds. The summed E-state index contributed by atoms with van der Waals surface area (Å²) < 4.78 is 0. The van der Waals surface area contributed by atoms with Crippen molar-refractivity contribution in [3.8, 4) is 0 Å². The van der Waals surface area contributed by atoms with Crippen LogP contribution in [0.25, 0.3) is 0 Å². The molecule has 0 aromatic carbocycles. The molecule has 1 aromatic rings. The quantitative estimate of drug-likeness (QED) is 0.0368. The van der Waals surface area contributed by atoms with E-state index in [1.54, 1.807) is 18.5 Å². The first-order chi connectivity index (χ1) is 24.7. The fourth-order valence-electron chi connectivity index (χ4n) is 6.07. The number of hydrogen-bond acceptors (Lipinski definition) is 11. The summed E-state index contributed by atoms with van der Waals surface area (Å²) >= 11 is 1.26. The molecule has 0 spiro atoms. The Balaban J connectivity index is 0.000000710. The zero-order chi connectivity index (χ0) is 39.2. The second-order valence-electron chi connectivity index (χ2n) is 13.5. The molecule has 11 N–H and O–H groups in total. The van der Waals surface area contributed by atoms with E-state index in [9.17, 15) is 34.0 Å². The van der Waals surface area contributed by atoms with E-state index in [2.05, 4.69) is 20.9 Å². The number of nitrogens with zero attached hydrogens (tertiary/aromatic N) is 3. The molecular weight excluding hydrogens is 694 g/mol.